The quantitative estimate of drug-likeness (QED) is 0.641. The van der Waals surface area contributed by atoms with Gasteiger partial charge in [-0.1, -0.05) is 49.6 Å². The van der Waals surface area contributed by atoms with Crippen LogP contribution in [0.15, 0.2) is 36.0 Å². The van der Waals surface area contributed by atoms with Gasteiger partial charge < -0.3 is 5.32 Å². The van der Waals surface area contributed by atoms with Gasteiger partial charge in [0, 0.05) is 16.8 Å². The van der Waals surface area contributed by atoms with E-state index in [-0.39, 0.29) is 0 Å². The summed E-state index contributed by atoms with van der Waals surface area (Å²) in [5, 5.41) is 4.29. The lowest BCUT2D eigenvalue weighted by Crippen LogP contribution is -2.24. The number of fused-ring (bicyclic) bond motifs is 2. The summed E-state index contributed by atoms with van der Waals surface area (Å²) in [7, 11) is 0. The van der Waals surface area contributed by atoms with E-state index in [1.807, 2.05) is 12.3 Å². The largest absolute Gasteiger partial charge is 0.316 e. The highest BCUT2D eigenvalue weighted by Crippen LogP contribution is 2.37. The summed E-state index contributed by atoms with van der Waals surface area (Å²) < 4.78 is 0. The first-order chi connectivity index (χ1) is 12.6. The number of benzene rings is 1. The minimum absolute atomic E-state index is 0.827. The van der Waals surface area contributed by atoms with Crippen LogP contribution < -0.4 is 5.32 Å². The molecule has 4 rings (SSSR count). The summed E-state index contributed by atoms with van der Waals surface area (Å²) in [6, 6.07) is 8.65. The molecule has 2 nitrogen and oxygen atoms in total. The lowest BCUT2D eigenvalue weighted by atomic mass is 9.89. The molecule has 1 N–H and O–H groups in total. The van der Waals surface area contributed by atoms with E-state index in [4.69, 9.17) is 16.6 Å². The van der Waals surface area contributed by atoms with E-state index in [0.29, 0.717) is 0 Å². The van der Waals surface area contributed by atoms with Gasteiger partial charge in [-0.3, -0.25) is 4.98 Å². The minimum atomic E-state index is 0.827. The van der Waals surface area contributed by atoms with Crippen molar-refractivity contribution in [2.75, 3.05) is 13.1 Å². The van der Waals surface area contributed by atoms with E-state index in [9.17, 15) is 0 Å². The van der Waals surface area contributed by atoms with Crippen molar-refractivity contribution in [3.8, 4) is 0 Å². The molecule has 2 aliphatic rings. The molecule has 1 fully saturated rings. The Morgan fingerprint density at radius 1 is 1.00 bits per heavy atom. The highest BCUT2D eigenvalue weighted by Gasteiger charge is 2.23. The first-order valence-corrected chi connectivity index (χ1v) is 10.2. The monoisotopic (exact) mass is 368 g/mol. The maximum atomic E-state index is 6.26. The number of aryl methyl sites for hydroxylation is 3. The molecular weight excluding hydrogens is 340 g/mol. The predicted octanol–water partition coefficient (Wildman–Crippen LogP) is 5.74. The van der Waals surface area contributed by atoms with Crippen LogP contribution in [0.1, 0.15) is 61.1 Å². The van der Waals surface area contributed by atoms with Crippen LogP contribution in [0.2, 0.25) is 5.02 Å². The number of aromatic nitrogens is 1. The fraction of sp³-hybridized carbons (Fsp3) is 0.435. The van der Waals surface area contributed by atoms with E-state index in [0.717, 1.165) is 43.8 Å². The van der Waals surface area contributed by atoms with Crippen molar-refractivity contribution in [1.29, 1.82) is 0 Å². The number of piperidine rings is 1. The van der Waals surface area contributed by atoms with Gasteiger partial charge >= 0.3 is 0 Å². The highest BCUT2D eigenvalue weighted by atomic mass is 35.5. The average molecular weight is 369 g/mol. The standard InChI is InChI=1S/C20H21ClN2.C3H8/c1-13-10-16-3-2-15-11-17(21)4-5-18(15)19(20(16)23-12-13)14-6-8-22-9-7-14;1-3-2/h4-5,10-12,22H,2-3,6-9H2,1H3;3H2,1-2H3. The van der Waals surface area contributed by atoms with Crippen molar-refractivity contribution >= 4 is 17.2 Å². The van der Waals surface area contributed by atoms with Gasteiger partial charge in [-0.25, -0.2) is 0 Å². The van der Waals surface area contributed by atoms with Gasteiger partial charge in [0.1, 0.15) is 0 Å². The maximum Gasteiger partial charge on any atom is 0.0739 e. The molecule has 138 valence electrons. The van der Waals surface area contributed by atoms with Crippen molar-refractivity contribution in [2.45, 2.75) is 52.9 Å². The van der Waals surface area contributed by atoms with E-state index in [2.05, 4.69) is 44.3 Å². The third kappa shape index (κ3) is 4.19. The second kappa shape index (κ2) is 8.83. The zero-order valence-electron chi connectivity index (χ0n) is 16.2. The van der Waals surface area contributed by atoms with Gasteiger partial charge in [-0.15, -0.1) is 0 Å². The molecule has 1 aliphatic carbocycles. The Labute approximate surface area is 162 Å². The van der Waals surface area contributed by atoms with Crippen LogP contribution in [-0.4, -0.2) is 18.1 Å². The minimum Gasteiger partial charge on any atom is -0.316 e. The van der Waals surface area contributed by atoms with Crippen LogP contribution in [0, 0.1) is 6.92 Å². The van der Waals surface area contributed by atoms with Crippen molar-refractivity contribution in [3.63, 3.8) is 0 Å². The van der Waals surface area contributed by atoms with Crippen LogP contribution in [-0.2, 0) is 12.8 Å². The van der Waals surface area contributed by atoms with Crippen LogP contribution in [0.3, 0.4) is 0 Å². The molecule has 0 radical (unpaired) electrons. The van der Waals surface area contributed by atoms with Crippen LogP contribution >= 0.6 is 11.6 Å². The summed E-state index contributed by atoms with van der Waals surface area (Å²) in [6.07, 6.45) is 7.52. The Hall–Kier alpha value is -1.64. The number of nitrogens with zero attached hydrogens (tertiary/aromatic N) is 1. The molecular formula is C23H29ClN2. The average Bonchev–Trinajstić information content (AvgIpc) is 2.79. The maximum absolute atomic E-state index is 6.26. The predicted molar refractivity (Wildman–Crippen MR) is 112 cm³/mol. The molecule has 0 spiro atoms. The van der Waals surface area contributed by atoms with Gasteiger partial charge in [0.15, 0.2) is 0 Å². The fourth-order valence-corrected chi connectivity index (χ4v) is 3.99. The first-order valence-electron chi connectivity index (χ1n) is 9.81. The molecule has 0 bridgehead atoms. The molecule has 2 heterocycles. The fourth-order valence-electron chi connectivity index (χ4n) is 3.79. The number of pyridine rings is 1. The number of rotatable bonds is 0. The van der Waals surface area contributed by atoms with Gasteiger partial charge in [0.05, 0.1) is 5.69 Å². The number of hydrogen-bond donors (Lipinski definition) is 1. The van der Waals surface area contributed by atoms with Gasteiger partial charge in [0.2, 0.25) is 0 Å². The van der Waals surface area contributed by atoms with E-state index in [1.165, 1.54) is 45.5 Å². The lowest BCUT2D eigenvalue weighted by molar-refractivity contribution is 0.611. The molecule has 0 amide bonds. The van der Waals surface area contributed by atoms with Gasteiger partial charge in [-0.05, 0) is 80.1 Å². The van der Waals surface area contributed by atoms with E-state index < -0.39 is 0 Å². The molecule has 1 aromatic heterocycles. The summed E-state index contributed by atoms with van der Waals surface area (Å²) >= 11 is 6.26. The third-order valence-electron chi connectivity index (χ3n) is 4.90. The second-order valence-electron chi connectivity index (χ2n) is 7.26. The molecule has 1 aliphatic heterocycles. The molecule has 3 heteroatoms. The SMILES string of the molecule is CCC.Cc1cnc2c(c1)CCc1cc(Cl)ccc1C2=C1CCNCC1. The first kappa shape index (κ1) is 19.1. The van der Waals surface area contributed by atoms with E-state index >= 15 is 0 Å². The van der Waals surface area contributed by atoms with Crippen LogP contribution in [0.25, 0.3) is 5.57 Å². The van der Waals surface area contributed by atoms with Crippen molar-refractivity contribution < 1.29 is 0 Å². The smallest absolute Gasteiger partial charge is 0.0739 e. The van der Waals surface area contributed by atoms with Gasteiger partial charge in [-0.2, -0.15) is 0 Å². The highest BCUT2D eigenvalue weighted by molar-refractivity contribution is 6.30. The Morgan fingerprint density at radius 3 is 2.42 bits per heavy atom. The van der Waals surface area contributed by atoms with Crippen molar-refractivity contribution in [1.82, 2.24) is 10.3 Å². The Bertz CT molecular complexity index is 744. The summed E-state index contributed by atoms with van der Waals surface area (Å²) in [5.41, 5.74) is 9.39. The molecule has 26 heavy (non-hydrogen) atoms. The van der Waals surface area contributed by atoms with E-state index in [1.54, 1.807) is 0 Å². The molecule has 2 aromatic rings. The summed E-state index contributed by atoms with van der Waals surface area (Å²) in [5.74, 6) is 0. The Kier molecular flexibility index (Phi) is 6.50. The number of halogens is 1. The summed E-state index contributed by atoms with van der Waals surface area (Å²) in [6.45, 7) is 8.49. The normalized spacial score (nSPS) is 16.2. The Balaban J connectivity index is 0.000000613. The zero-order valence-corrected chi connectivity index (χ0v) is 16.9. The molecule has 0 saturated carbocycles. The topological polar surface area (TPSA) is 24.9 Å². The summed E-state index contributed by atoms with van der Waals surface area (Å²) in [4.78, 5) is 4.85. The molecule has 1 aromatic carbocycles. The third-order valence-corrected chi connectivity index (χ3v) is 5.14. The Morgan fingerprint density at radius 2 is 1.69 bits per heavy atom. The number of nitrogens with one attached hydrogen (secondary N) is 1. The van der Waals surface area contributed by atoms with Gasteiger partial charge in [0.25, 0.3) is 0 Å². The zero-order chi connectivity index (χ0) is 18.5. The lowest BCUT2D eigenvalue weighted by Gasteiger charge is -2.22. The van der Waals surface area contributed by atoms with Crippen molar-refractivity contribution in [2.24, 2.45) is 0 Å². The van der Waals surface area contributed by atoms with Crippen LogP contribution in [0.5, 0.6) is 0 Å². The molecule has 0 atom stereocenters. The number of hydrogen-bond acceptors (Lipinski definition) is 2. The molecule has 0 unspecified atom stereocenters. The van der Waals surface area contributed by atoms with Crippen molar-refractivity contribution in [3.05, 3.63) is 69.0 Å². The second-order valence-corrected chi connectivity index (χ2v) is 7.69. The van der Waals surface area contributed by atoms with Crippen LogP contribution in [0.4, 0.5) is 0 Å². The molecule has 1 saturated heterocycles.